The van der Waals surface area contributed by atoms with Gasteiger partial charge in [-0.05, 0) is 18.6 Å². The second-order valence-electron chi connectivity index (χ2n) is 5.77. The maximum atomic E-state index is 11.8. The highest BCUT2D eigenvalue weighted by Gasteiger charge is 2.21. The van der Waals surface area contributed by atoms with Crippen LogP contribution in [0.1, 0.15) is 19.0 Å². The summed E-state index contributed by atoms with van der Waals surface area (Å²) in [5.74, 6) is 0.913. The number of benzene rings is 1. The summed E-state index contributed by atoms with van der Waals surface area (Å²) < 4.78 is 8.11. The number of carbonyl (C=O) groups is 1. The van der Waals surface area contributed by atoms with E-state index in [1.807, 2.05) is 30.3 Å². The second kappa shape index (κ2) is 7.31. The van der Waals surface area contributed by atoms with Crippen molar-refractivity contribution in [3.8, 4) is 5.69 Å². The topological polar surface area (TPSA) is 100 Å². The zero-order valence-electron chi connectivity index (χ0n) is 14.9. The van der Waals surface area contributed by atoms with Gasteiger partial charge in [0.2, 0.25) is 5.16 Å². The van der Waals surface area contributed by atoms with Crippen molar-refractivity contribution in [3.63, 3.8) is 0 Å². The van der Waals surface area contributed by atoms with E-state index in [9.17, 15) is 4.79 Å². The van der Waals surface area contributed by atoms with Crippen LogP contribution in [0.15, 0.2) is 35.5 Å². The molecule has 0 saturated carbocycles. The van der Waals surface area contributed by atoms with E-state index in [0.29, 0.717) is 27.8 Å². The zero-order valence-corrected chi connectivity index (χ0v) is 15.7. The largest absolute Gasteiger partial charge is 0.469 e. The number of aromatic nitrogens is 7. The molecule has 0 aliphatic rings. The van der Waals surface area contributed by atoms with Gasteiger partial charge in [0.25, 0.3) is 5.78 Å². The molecule has 0 aliphatic carbocycles. The molecule has 0 saturated heterocycles. The van der Waals surface area contributed by atoms with Crippen LogP contribution in [0.25, 0.3) is 22.6 Å². The van der Waals surface area contributed by atoms with Crippen LogP contribution in [0.5, 0.6) is 0 Å². The van der Waals surface area contributed by atoms with E-state index in [2.05, 4.69) is 32.3 Å². The van der Waals surface area contributed by atoms with Crippen LogP contribution in [0.4, 0.5) is 0 Å². The van der Waals surface area contributed by atoms with Crippen molar-refractivity contribution in [2.75, 3.05) is 12.9 Å². The number of esters is 1. The van der Waals surface area contributed by atoms with E-state index in [1.54, 1.807) is 21.0 Å². The number of rotatable bonds is 6. The maximum Gasteiger partial charge on any atom is 0.311 e. The lowest BCUT2D eigenvalue weighted by atomic mass is 10.3. The fourth-order valence-electron chi connectivity index (χ4n) is 2.66. The minimum atomic E-state index is -0.394. The van der Waals surface area contributed by atoms with Crippen molar-refractivity contribution in [1.29, 1.82) is 0 Å². The quantitative estimate of drug-likeness (QED) is 0.368. The Hall–Kier alpha value is -3.01. The molecule has 0 radical (unpaired) electrons. The third kappa shape index (κ3) is 3.23. The van der Waals surface area contributed by atoms with Gasteiger partial charge in [0.05, 0.1) is 19.2 Å². The Morgan fingerprint density at radius 3 is 2.74 bits per heavy atom. The molecule has 0 aliphatic heterocycles. The lowest BCUT2D eigenvalue weighted by Crippen LogP contribution is -2.06. The number of carbonyl (C=O) groups excluding carboxylic acids is 1. The number of para-hydroxylation sites is 1. The predicted octanol–water partition coefficient (Wildman–Crippen LogP) is 2.08. The monoisotopic (exact) mass is 383 g/mol. The fourth-order valence-corrected chi connectivity index (χ4v) is 3.33. The summed E-state index contributed by atoms with van der Waals surface area (Å²) in [6.07, 6.45) is 1.02. The van der Waals surface area contributed by atoms with Gasteiger partial charge in [0.1, 0.15) is 5.69 Å². The van der Waals surface area contributed by atoms with Crippen molar-refractivity contribution in [3.05, 3.63) is 36.0 Å². The van der Waals surface area contributed by atoms with Crippen molar-refractivity contribution in [2.45, 2.75) is 24.9 Å². The van der Waals surface area contributed by atoms with E-state index in [4.69, 9.17) is 4.74 Å². The van der Waals surface area contributed by atoms with Crippen LogP contribution in [0.3, 0.4) is 0 Å². The van der Waals surface area contributed by atoms with Gasteiger partial charge in [0.15, 0.2) is 11.2 Å². The summed E-state index contributed by atoms with van der Waals surface area (Å²) in [4.78, 5) is 16.2. The molecule has 1 aromatic carbocycles. The molecule has 0 spiro atoms. The van der Waals surface area contributed by atoms with Crippen molar-refractivity contribution < 1.29 is 9.53 Å². The van der Waals surface area contributed by atoms with E-state index in [0.717, 1.165) is 17.9 Å². The van der Waals surface area contributed by atoms with E-state index in [-0.39, 0.29) is 6.42 Å². The number of thioether (sulfide) groups is 1. The summed E-state index contributed by atoms with van der Waals surface area (Å²) in [5, 5.41) is 18.2. The van der Waals surface area contributed by atoms with Gasteiger partial charge < -0.3 is 4.74 Å². The number of methoxy groups -OCH3 is 1. The molecule has 3 aromatic heterocycles. The van der Waals surface area contributed by atoms with Gasteiger partial charge in [-0.1, -0.05) is 36.9 Å². The Morgan fingerprint density at radius 1 is 1.19 bits per heavy atom. The molecular weight excluding hydrogens is 366 g/mol. The predicted molar refractivity (Wildman–Crippen MR) is 99.9 cm³/mol. The van der Waals surface area contributed by atoms with Crippen molar-refractivity contribution in [1.82, 2.24) is 34.6 Å². The molecule has 3 heterocycles. The van der Waals surface area contributed by atoms with Crippen LogP contribution in [-0.2, 0) is 16.0 Å². The van der Waals surface area contributed by atoms with Gasteiger partial charge >= 0.3 is 5.97 Å². The standard InChI is InChI=1S/C17H17N7O2S/c1-3-9-27-17-18-16-20-19-14-12(10-13(25)26-2)21-23(15(14)24(16)22-17)11-7-5-4-6-8-11/h4-8H,3,9-10H2,1-2H3. The third-order valence-electron chi connectivity index (χ3n) is 3.89. The van der Waals surface area contributed by atoms with Gasteiger partial charge in [-0.25, -0.2) is 4.68 Å². The minimum Gasteiger partial charge on any atom is -0.469 e. The zero-order chi connectivity index (χ0) is 18.8. The molecule has 10 heteroatoms. The number of fused-ring (bicyclic) bond motifs is 3. The summed E-state index contributed by atoms with van der Waals surface area (Å²) in [5.41, 5.74) is 2.41. The SMILES string of the molecule is CCCSc1nc2nnc3c(CC(=O)OC)nn(-c4ccccc4)c3n2n1. The normalized spacial score (nSPS) is 11.3. The first-order valence-corrected chi connectivity index (χ1v) is 9.46. The third-order valence-corrected chi connectivity index (χ3v) is 4.94. The van der Waals surface area contributed by atoms with Crippen LogP contribution in [0.2, 0.25) is 0 Å². The molecule has 0 atom stereocenters. The van der Waals surface area contributed by atoms with E-state index >= 15 is 0 Å². The van der Waals surface area contributed by atoms with E-state index in [1.165, 1.54) is 7.11 Å². The molecular formula is C17H17N7O2S. The molecule has 9 nitrogen and oxygen atoms in total. The van der Waals surface area contributed by atoms with Crippen LogP contribution < -0.4 is 0 Å². The highest BCUT2D eigenvalue weighted by atomic mass is 32.2. The summed E-state index contributed by atoms with van der Waals surface area (Å²) in [6, 6.07) is 9.60. The molecule has 4 rings (SSSR count). The van der Waals surface area contributed by atoms with Crippen molar-refractivity contribution in [2.24, 2.45) is 0 Å². The first-order valence-electron chi connectivity index (χ1n) is 8.47. The molecule has 0 bridgehead atoms. The molecule has 138 valence electrons. The summed E-state index contributed by atoms with van der Waals surface area (Å²) >= 11 is 1.56. The second-order valence-corrected chi connectivity index (χ2v) is 6.84. The van der Waals surface area contributed by atoms with E-state index < -0.39 is 5.97 Å². The van der Waals surface area contributed by atoms with Gasteiger partial charge in [-0.15, -0.1) is 15.3 Å². The highest BCUT2D eigenvalue weighted by Crippen LogP contribution is 2.23. The molecule has 0 fully saturated rings. The maximum absolute atomic E-state index is 11.8. The number of ether oxygens (including phenoxy) is 1. The Labute approximate surface area is 158 Å². The minimum absolute atomic E-state index is 0.000834. The van der Waals surface area contributed by atoms with Crippen LogP contribution in [0, 0.1) is 0 Å². The fraction of sp³-hybridized carbons (Fsp3) is 0.294. The summed E-state index contributed by atoms with van der Waals surface area (Å²) in [7, 11) is 1.34. The first kappa shape index (κ1) is 17.4. The van der Waals surface area contributed by atoms with Gasteiger partial charge in [-0.2, -0.15) is 14.6 Å². The number of hydrogen-bond acceptors (Lipinski definition) is 8. The molecule has 0 N–H and O–H groups in total. The lowest BCUT2D eigenvalue weighted by Gasteiger charge is -2.02. The Morgan fingerprint density at radius 2 is 2.00 bits per heavy atom. The van der Waals surface area contributed by atoms with Crippen LogP contribution >= 0.6 is 11.8 Å². The number of nitrogens with zero attached hydrogens (tertiary/aromatic N) is 7. The highest BCUT2D eigenvalue weighted by molar-refractivity contribution is 7.99. The Kier molecular flexibility index (Phi) is 4.71. The smallest absolute Gasteiger partial charge is 0.311 e. The molecule has 27 heavy (non-hydrogen) atoms. The Balaban J connectivity index is 1.95. The first-order chi connectivity index (χ1) is 13.2. The van der Waals surface area contributed by atoms with Gasteiger partial charge in [0, 0.05) is 5.75 Å². The lowest BCUT2D eigenvalue weighted by molar-refractivity contribution is -0.139. The average molecular weight is 383 g/mol. The van der Waals surface area contributed by atoms with Crippen molar-refractivity contribution >= 4 is 34.7 Å². The molecule has 0 unspecified atom stereocenters. The average Bonchev–Trinajstić information content (AvgIpc) is 3.28. The molecule has 4 aromatic rings. The Bertz CT molecular complexity index is 1110. The van der Waals surface area contributed by atoms with Crippen LogP contribution in [-0.4, -0.2) is 53.4 Å². The molecule has 0 amide bonds. The van der Waals surface area contributed by atoms with Gasteiger partial charge in [-0.3, -0.25) is 4.79 Å². The summed E-state index contributed by atoms with van der Waals surface area (Å²) in [6.45, 7) is 2.10. The number of hydrogen-bond donors (Lipinski definition) is 0.